The molecule has 0 aromatic heterocycles. The molecular weight excluding hydrogens is 224 g/mol. The third kappa shape index (κ3) is 3.06. The van der Waals surface area contributed by atoms with E-state index in [-0.39, 0.29) is 6.03 Å². The second kappa shape index (κ2) is 5.77. The van der Waals surface area contributed by atoms with Gasteiger partial charge in [0.15, 0.2) is 0 Å². The third-order valence-electron chi connectivity index (χ3n) is 4.07. The van der Waals surface area contributed by atoms with Gasteiger partial charge in [-0.25, -0.2) is 4.79 Å². The molecule has 102 valence electrons. The van der Waals surface area contributed by atoms with Crippen molar-refractivity contribution < 1.29 is 4.79 Å². The van der Waals surface area contributed by atoms with Crippen molar-refractivity contribution in [2.75, 3.05) is 19.6 Å². The van der Waals surface area contributed by atoms with Gasteiger partial charge in [-0.2, -0.15) is 0 Å². The van der Waals surface area contributed by atoms with E-state index in [9.17, 15) is 4.79 Å². The highest BCUT2D eigenvalue weighted by molar-refractivity contribution is 5.74. The van der Waals surface area contributed by atoms with Gasteiger partial charge < -0.3 is 10.2 Å². The average Bonchev–Trinajstić information content (AvgIpc) is 2.89. The van der Waals surface area contributed by atoms with Gasteiger partial charge in [0.1, 0.15) is 0 Å². The summed E-state index contributed by atoms with van der Waals surface area (Å²) >= 11 is 0. The number of hydrogen-bond donors (Lipinski definition) is 1. The molecule has 18 heavy (non-hydrogen) atoms. The number of carbonyl (C=O) groups is 1. The number of amides is 2. The standard InChI is InChI=1S/C15H26N2O/c1-4-16-15(18)17(9-11(2)3)10-14-8-12-5-6-13(14)7-12/h5-6,11-14H,4,7-10H2,1-3H3,(H,16,18). The second-order valence-electron chi connectivity index (χ2n) is 6.17. The van der Waals surface area contributed by atoms with Crippen LogP contribution in [0.3, 0.4) is 0 Å². The van der Waals surface area contributed by atoms with E-state index in [4.69, 9.17) is 0 Å². The number of nitrogens with zero attached hydrogens (tertiary/aromatic N) is 1. The van der Waals surface area contributed by atoms with E-state index in [1.165, 1.54) is 12.8 Å². The topological polar surface area (TPSA) is 32.3 Å². The Kier molecular flexibility index (Phi) is 4.31. The molecule has 0 aromatic rings. The molecule has 2 aliphatic rings. The molecule has 1 fully saturated rings. The smallest absolute Gasteiger partial charge is 0.317 e. The van der Waals surface area contributed by atoms with Crippen molar-refractivity contribution in [3.05, 3.63) is 12.2 Å². The van der Waals surface area contributed by atoms with Gasteiger partial charge in [-0.05, 0) is 43.4 Å². The molecule has 2 bridgehead atoms. The Morgan fingerprint density at radius 2 is 2.17 bits per heavy atom. The van der Waals surface area contributed by atoms with E-state index in [1.54, 1.807) is 0 Å². The van der Waals surface area contributed by atoms with Gasteiger partial charge in [-0.3, -0.25) is 0 Å². The number of urea groups is 1. The van der Waals surface area contributed by atoms with Gasteiger partial charge in [-0.15, -0.1) is 0 Å². The van der Waals surface area contributed by atoms with Crippen molar-refractivity contribution in [3.63, 3.8) is 0 Å². The first-order valence-corrected chi connectivity index (χ1v) is 7.31. The van der Waals surface area contributed by atoms with Gasteiger partial charge in [0.25, 0.3) is 0 Å². The number of fused-ring (bicyclic) bond motifs is 2. The average molecular weight is 250 g/mol. The number of allylic oxidation sites excluding steroid dienone is 2. The summed E-state index contributed by atoms with van der Waals surface area (Å²) in [5.74, 6) is 2.72. The quantitative estimate of drug-likeness (QED) is 0.748. The minimum Gasteiger partial charge on any atom is -0.338 e. The SMILES string of the molecule is CCNC(=O)N(CC(C)C)CC1CC2C=CC1C2. The summed E-state index contributed by atoms with van der Waals surface area (Å²) < 4.78 is 0. The van der Waals surface area contributed by atoms with Crippen molar-refractivity contribution in [3.8, 4) is 0 Å². The molecule has 3 nitrogen and oxygen atoms in total. The second-order valence-corrected chi connectivity index (χ2v) is 6.17. The Labute approximate surface area is 111 Å². The zero-order valence-corrected chi connectivity index (χ0v) is 11.9. The molecular formula is C15H26N2O. The van der Waals surface area contributed by atoms with Crippen molar-refractivity contribution in [2.45, 2.75) is 33.6 Å². The molecule has 3 atom stereocenters. The molecule has 0 heterocycles. The lowest BCUT2D eigenvalue weighted by Gasteiger charge is -2.30. The molecule has 0 radical (unpaired) electrons. The summed E-state index contributed by atoms with van der Waals surface area (Å²) in [5, 5.41) is 2.94. The van der Waals surface area contributed by atoms with Gasteiger partial charge >= 0.3 is 6.03 Å². The summed E-state index contributed by atoms with van der Waals surface area (Å²) in [7, 11) is 0. The molecule has 0 spiro atoms. The minimum atomic E-state index is 0.109. The van der Waals surface area contributed by atoms with E-state index < -0.39 is 0 Å². The fraction of sp³-hybridized carbons (Fsp3) is 0.800. The van der Waals surface area contributed by atoms with Crippen LogP contribution in [0.5, 0.6) is 0 Å². The Morgan fingerprint density at radius 1 is 1.39 bits per heavy atom. The van der Waals surface area contributed by atoms with Crippen LogP contribution in [-0.4, -0.2) is 30.6 Å². The van der Waals surface area contributed by atoms with E-state index in [1.807, 2.05) is 11.8 Å². The maximum Gasteiger partial charge on any atom is 0.317 e. The fourth-order valence-corrected chi connectivity index (χ4v) is 3.33. The van der Waals surface area contributed by atoms with Crippen molar-refractivity contribution in [1.82, 2.24) is 10.2 Å². The van der Waals surface area contributed by atoms with Crippen LogP contribution < -0.4 is 5.32 Å². The number of nitrogens with one attached hydrogen (secondary N) is 1. The lowest BCUT2D eigenvalue weighted by atomic mass is 9.93. The van der Waals surface area contributed by atoms with Gasteiger partial charge in [-0.1, -0.05) is 26.0 Å². The number of carbonyl (C=O) groups excluding carboxylic acids is 1. The molecule has 0 saturated heterocycles. The zero-order chi connectivity index (χ0) is 13.1. The van der Waals surface area contributed by atoms with E-state index in [0.717, 1.165) is 24.9 Å². The van der Waals surface area contributed by atoms with Gasteiger partial charge in [0.2, 0.25) is 0 Å². The molecule has 3 unspecified atom stereocenters. The molecule has 2 rings (SSSR count). The van der Waals surface area contributed by atoms with E-state index in [0.29, 0.717) is 18.4 Å². The lowest BCUT2D eigenvalue weighted by Crippen LogP contribution is -2.44. The van der Waals surface area contributed by atoms with Crippen molar-refractivity contribution in [1.29, 1.82) is 0 Å². The maximum atomic E-state index is 12.1. The molecule has 2 aliphatic carbocycles. The van der Waals surface area contributed by atoms with Crippen molar-refractivity contribution in [2.24, 2.45) is 23.7 Å². The third-order valence-corrected chi connectivity index (χ3v) is 4.07. The summed E-state index contributed by atoms with van der Waals surface area (Å²) in [5.41, 5.74) is 0. The lowest BCUT2D eigenvalue weighted by molar-refractivity contribution is 0.175. The fourth-order valence-electron chi connectivity index (χ4n) is 3.33. The molecule has 2 amide bonds. The molecule has 3 heteroatoms. The van der Waals surface area contributed by atoms with Crippen LogP contribution in [0.25, 0.3) is 0 Å². The minimum absolute atomic E-state index is 0.109. The molecule has 1 saturated carbocycles. The highest BCUT2D eigenvalue weighted by atomic mass is 16.2. The van der Waals surface area contributed by atoms with Crippen LogP contribution in [0, 0.1) is 23.7 Å². The van der Waals surface area contributed by atoms with Crippen LogP contribution >= 0.6 is 0 Å². The number of hydrogen-bond acceptors (Lipinski definition) is 1. The molecule has 1 N–H and O–H groups in total. The summed E-state index contributed by atoms with van der Waals surface area (Å²) in [6.07, 6.45) is 7.31. The van der Waals surface area contributed by atoms with Gasteiger partial charge in [0, 0.05) is 19.6 Å². The summed E-state index contributed by atoms with van der Waals surface area (Å²) in [6, 6.07) is 0.109. The van der Waals surface area contributed by atoms with Crippen LogP contribution in [0.2, 0.25) is 0 Å². The van der Waals surface area contributed by atoms with E-state index in [2.05, 4.69) is 31.3 Å². The highest BCUT2D eigenvalue weighted by Gasteiger charge is 2.37. The Morgan fingerprint density at radius 3 is 2.67 bits per heavy atom. The monoisotopic (exact) mass is 250 g/mol. The first-order chi connectivity index (χ1) is 8.60. The Bertz CT molecular complexity index is 324. The normalized spacial score (nSPS) is 29.0. The number of rotatable bonds is 5. The summed E-state index contributed by atoms with van der Waals surface area (Å²) in [4.78, 5) is 14.1. The zero-order valence-electron chi connectivity index (χ0n) is 11.9. The van der Waals surface area contributed by atoms with Crippen molar-refractivity contribution >= 4 is 6.03 Å². The van der Waals surface area contributed by atoms with Gasteiger partial charge in [0.05, 0.1) is 0 Å². The first kappa shape index (κ1) is 13.4. The predicted molar refractivity (Wildman–Crippen MR) is 74.3 cm³/mol. The summed E-state index contributed by atoms with van der Waals surface area (Å²) in [6.45, 7) is 8.83. The Hall–Kier alpha value is -0.990. The first-order valence-electron chi connectivity index (χ1n) is 7.31. The van der Waals surface area contributed by atoms with Crippen LogP contribution in [0.1, 0.15) is 33.6 Å². The highest BCUT2D eigenvalue weighted by Crippen LogP contribution is 2.43. The predicted octanol–water partition coefficient (Wildman–Crippen LogP) is 2.89. The molecule has 0 aromatic carbocycles. The molecule has 0 aliphatic heterocycles. The van der Waals surface area contributed by atoms with Crippen LogP contribution in [0.4, 0.5) is 4.79 Å². The van der Waals surface area contributed by atoms with E-state index >= 15 is 0 Å². The van der Waals surface area contributed by atoms with Crippen LogP contribution in [-0.2, 0) is 0 Å². The maximum absolute atomic E-state index is 12.1. The Balaban J connectivity index is 1.92. The largest absolute Gasteiger partial charge is 0.338 e. The van der Waals surface area contributed by atoms with Crippen LogP contribution in [0.15, 0.2) is 12.2 Å².